The monoisotopic (exact) mass is 556 g/mol. The van der Waals surface area contributed by atoms with Crippen molar-refractivity contribution in [2.75, 3.05) is 6.61 Å². The number of amides is 1. The summed E-state index contributed by atoms with van der Waals surface area (Å²) in [5.74, 6) is 1.15. The maximum atomic E-state index is 12.4. The standard InChI is InChI=1S/C25H21IN2O3S/c1-2-30-22-14-18(8-13-21(22)31-16-17-6-4-3-5-7-17)15-23-24(29)28-25(32-23)27-20-11-9-19(26)10-12-20/h3-15H,2,16H2,1H3,(H,27,28,29)/b23-15+. The first kappa shape index (κ1) is 22.4. The molecule has 7 heteroatoms. The zero-order chi connectivity index (χ0) is 22.3. The number of aliphatic imine (C=N–C) groups is 1. The van der Waals surface area contributed by atoms with Gasteiger partial charge in [-0.3, -0.25) is 4.79 Å². The van der Waals surface area contributed by atoms with Gasteiger partial charge in [-0.05, 0) is 94.9 Å². The summed E-state index contributed by atoms with van der Waals surface area (Å²) in [5.41, 5.74) is 2.74. The summed E-state index contributed by atoms with van der Waals surface area (Å²) in [6, 6.07) is 23.5. The van der Waals surface area contributed by atoms with E-state index in [1.807, 2.05) is 85.8 Å². The molecular formula is C25H21IN2O3S. The lowest BCUT2D eigenvalue weighted by Gasteiger charge is -2.13. The van der Waals surface area contributed by atoms with E-state index in [1.165, 1.54) is 11.8 Å². The molecule has 0 aliphatic carbocycles. The molecule has 1 saturated heterocycles. The SMILES string of the molecule is CCOc1cc(/C=C2/SC(=Nc3ccc(I)cc3)NC2=O)ccc1OCc1ccccc1. The van der Waals surface area contributed by atoms with Gasteiger partial charge in [0.05, 0.1) is 17.2 Å². The molecule has 0 unspecified atom stereocenters. The Bertz CT molecular complexity index is 1160. The van der Waals surface area contributed by atoms with Crippen LogP contribution in [0.5, 0.6) is 11.5 Å². The molecule has 1 amide bonds. The molecule has 1 aliphatic heterocycles. The quantitative estimate of drug-likeness (QED) is 0.280. The second kappa shape index (κ2) is 10.7. The number of hydrogen-bond donors (Lipinski definition) is 1. The lowest BCUT2D eigenvalue weighted by Crippen LogP contribution is -2.19. The van der Waals surface area contributed by atoms with Crippen LogP contribution in [0, 0.1) is 3.57 Å². The van der Waals surface area contributed by atoms with Gasteiger partial charge in [0.1, 0.15) is 6.61 Å². The van der Waals surface area contributed by atoms with Gasteiger partial charge in [0.2, 0.25) is 0 Å². The van der Waals surface area contributed by atoms with Gasteiger partial charge in [-0.25, -0.2) is 4.99 Å². The van der Waals surface area contributed by atoms with Crippen LogP contribution in [0.4, 0.5) is 5.69 Å². The molecule has 0 bridgehead atoms. The summed E-state index contributed by atoms with van der Waals surface area (Å²) in [6.45, 7) is 2.90. The molecule has 0 spiro atoms. The maximum Gasteiger partial charge on any atom is 0.264 e. The zero-order valence-corrected chi connectivity index (χ0v) is 20.4. The van der Waals surface area contributed by atoms with Gasteiger partial charge in [0, 0.05) is 3.57 Å². The van der Waals surface area contributed by atoms with Gasteiger partial charge in [-0.1, -0.05) is 36.4 Å². The Labute approximate surface area is 205 Å². The molecule has 162 valence electrons. The smallest absolute Gasteiger partial charge is 0.264 e. The Hall–Kier alpha value is -2.78. The molecule has 0 aromatic heterocycles. The molecule has 5 nitrogen and oxygen atoms in total. The van der Waals surface area contributed by atoms with Crippen LogP contribution in [0.15, 0.2) is 82.7 Å². The molecule has 1 N–H and O–H groups in total. The fraction of sp³-hybridized carbons (Fsp3) is 0.120. The first-order valence-corrected chi connectivity index (χ1v) is 12.0. The molecule has 0 atom stereocenters. The molecule has 32 heavy (non-hydrogen) atoms. The van der Waals surface area contributed by atoms with Crippen LogP contribution in [0.2, 0.25) is 0 Å². The van der Waals surface area contributed by atoms with Crippen molar-refractivity contribution in [2.24, 2.45) is 4.99 Å². The Balaban J connectivity index is 1.50. The fourth-order valence-corrected chi connectivity index (χ4v) is 4.20. The van der Waals surface area contributed by atoms with Crippen molar-refractivity contribution < 1.29 is 14.3 Å². The lowest BCUT2D eigenvalue weighted by molar-refractivity contribution is -0.115. The molecular weight excluding hydrogens is 535 g/mol. The number of rotatable bonds is 7. The zero-order valence-electron chi connectivity index (χ0n) is 17.4. The average molecular weight is 556 g/mol. The van der Waals surface area contributed by atoms with Crippen molar-refractivity contribution >= 4 is 57.2 Å². The number of halogens is 1. The predicted octanol–water partition coefficient (Wildman–Crippen LogP) is 6.16. The second-order valence-corrected chi connectivity index (χ2v) is 9.15. The third kappa shape index (κ3) is 5.92. The summed E-state index contributed by atoms with van der Waals surface area (Å²) in [4.78, 5) is 17.5. The molecule has 1 fully saturated rings. The number of carbonyl (C=O) groups excluding carboxylic acids is 1. The Morgan fingerprint density at radius 3 is 2.53 bits per heavy atom. The third-order valence-corrected chi connectivity index (χ3v) is 6.14. The Morgan fingerprint density at radius 1 is 1.00 bits per heavy atom. The first-order chi connectivity index (χ1) is 15.6. The van der Waals surface area contributed by atoms with Crippen molar-refractivity contribution in [2.45, 2.75) is 13.5 Å². The highest BCUT2D eigenvalue weighted by atomic mass is 127. The van der Waals surface area contributed by atoms with Crippen LogP contribution < -0.4 is 14.8 Å². The summed E-state index contributed by atoms with van der Waals surface area (Å²) in [5, 5.41) is 3.39. The molecule has 1 aliphatic rings. The van der Waals surface area contributed by atoms with Crippen molar-refractivity contribution in [1.82, 2.24) is 5.32 Å². The number of ether oxygens (including phenoxy) is 2. The van der Waals surface area contributed by atoms with E-state index in [9.17, 15) is 4.79 Å². The predicted molar refractivity (Wildman–Crippen MR) is 138 cm³/mol. The van der Waals surface area contributed by atoms with Crippen LogP contribution in [-0.4, -0.2) is 17.7 Å². The summed E-state index contributed by atoms with van der Waals surface area (Å²) in [7, 11) is 0. The number of benzene rings is 3. The van der Waals surface area contributed by atoms with Crippen LogP contribution >= 0.6 is 34.4 Å². The average Bonchev–Trinajstić information content (AvgIpc) is 3.14. The first-order valence-electron chi connectivity index (χ1n) is 10.1. The summed E-state index contributed by atoms with van der Waals surface area (Å²) < 4.78 is 12.9. The molecule has 3 aromatic carbocycles. The largest absolute Gasteiger partial charge is 0.490 e. The van der Waals surface area contributed by atoms with E-state index in [0.717, 1.165) is 20.4 Å². The normalized spacial score (nSPS) is 15.8. The Morgan fingerprint density at radius 2 is 1.78 bits per heavy atom. The number of nitrogens with one attached hydrogen (secondary N) is 1. The molecule has 1 heterocycles. The fourth-order valence-electron chi connectivity index (χ4n) is 3.00. The van der Waals surface area contributed by atoms with Gasteiger partial charge >= 0.3 is 0 Å². The van der Waals surface area contributed by atoms with Crippen LogP contribution in [0.25, 0.3) is 6.08 Å². The highest BCUT2D eigenvalue weighted by Crippen LogP contribution is 2.33. The van der Waals surface area contributed by atoms with Crippen LogP contribution in [0.3, 0.4) is 0 Å². The number of amidine groups is 1. The van der Waals surface area contributed by atoms with Crippen LogP contribution in [0.1, 0.15) is 18.1 Å². The lowest BCUT2D eigenvalue weighted by atomic mass is 10.2. The third-order valence-electron chi connectivity index (χ3n) is 4.51. The summed E-state index contributed by atoms with van der Waals surface area (Å²) in [6.07, 6.45) is 1.83. The van der Waals surface area contributed by atoms with E-state index in [4.69, 9.17) is 9.47 Å². The van der Waals surface area contributed by atoms with E-state index in [-0.39, 0.29) is 5.91 Å². The van der Waals surface area contributed by atoms with Gasteiger partial charge in [-0.2, -0.15) is 0 Å². The number of hydrogen-bond acceptors (Lipinski definition) is 5. The molecule has 3 aromatic rings. The second-order valence-electron chi connectivity index (χ2n) is 6.87. The molecule has 0 radical (unpaired) electrons. The van der Waals surface area contributed by atoms with E-state index in [0.29, 0.717) is 34.8 Å². The van der Waals surface area contributed by atoms with Gasteiger partial charge in [-0.15, -0.1) is 0 Å². The maximum absolute atomic E-state index is 12.4. The number of nitrogens with zero attached hydrogens (tertiary/aromatic N) is 1. The summed E-state index contributed by atoms with van der Waals surface area (Å²) >= 11 is 3.57. The van der Waals surface area contributed by atoms with Crippen molar-refractivity contribution in [3.63, 3.8) is 0 Å². The van der Waals surface area contributed by atoms with Gasteiger partial charge < -0.3 is 14.8 Å². The molecule has 0 saturated carbocycles. The van der Waals surface area contributed by atoms with Gasteiger partial charge in [0.25, 0.3) is 5.91 Å². The van der Waals surface area contributed by atoms with E-state index in [2.05, 4.69) is 32.9 Å². The Kier molecular flexibility index (Phi) is 7.49. The minimum atomic E-state index is -0.165. The van der Waals surface area contributed by atoms with Crippen molar-refractivity contribution in [3.8, 4) is 11.5 Å². The number of carbonyl (C=O) groups is 1. The van der Waals surface area contributed by atoms with Crippen molar-refractivity contribution in [3.05, 3.63) is 92.4 Å². The van der Waals surface area contributed by atoms with Crippen molar-refractivity contribution in [1.29, 1.82) is 0 Å². The van der Waals surface area contributed by atoms with Gasteiger partial charge in [0.15, 0.2) is 16.7 Å². The minimum Gasteiger partial charge on any atom is -0.490 e. The van der Waals surface area contributed by atoms with E-state index >= 15 is 0 Å². The number of thioether (sulfide) groups is 1. The molecule has 4 rings (SSSR count). The van der Waals surface area contributed by atoms with Crippen LogP contribution in [-0.2, 0) is 11.4 Å². The van der Waals surface area contributed by atoms with E-state index < -0.39 is 0 Å². The highest BCUT2D eigenvalue weighted by molar-refractivity contribution is 14.1. The minimum absolute atomic E-state index is 0.165. The van der Waals surface area contributed by atoms with E-state index in [1.54, 1.807) is 0 Å². The topological polar surface area (TPSA) is 59.9 Å². The highest BCUT2D eigenvalue weighted by Gasteiger charge is 2.24.